The summed E-state index contributed by atoms with van der Waals surface area (Å²) in [6.07, 6.45) is 3.95. The van der Waals surface area contributed by atoms with Crippen LogP contribution in [0.25, 0.3) is 6.08 Å². The summed E-state index contributed by atoms with van der Waals surface area (Å²) in [5.74, 6) is -0.0853. The lowest BCUT2D eigenvalue weighted by Crippen LogP contribution is -1.90. The fraction of sp³-hybridized carbons (Fsp3) is 0.133. The van der Waals surface area contributed by atoms with Crippen molar-refractivity contribution in [2.75, 3.05) is 0 Å². The second-order valence-corrected chi connectivity index (χ2v) is 5.17. The van der Waals surface area contributed by atoms with Gasteiger partial charge in [-0.05, 0) is 36.3 Å². The van der Waals surface area contributed by atoms with E-state index in [2.05, 4.69) is 0 Å². The van der Waals surface area contributed by atoms with Gasteiger partial charge in [-0.3, -0.25) is 0 Å². The highest BCUT2D eigenvalue weighted by molar-refractivity contribution is 7.98. The maximum absolute atomic E-state index is 13.9. The SMILES string of the molecule is Cc1occc1SCc1ccc(/C=C/C(=O)O)cc1F. The monoisotopic (exact) mass is 292 g/mol. The van der Waals surface area contributed by atoms with Gasteiger partial charge in [-0.2, -0.15) is 0 Å². The molecule has 0 saturated carbocycles. The average Bonchev–Trinajstić information content (AvgIpc) is 2.81. The minimum atomic E-state index is -1.06. The molecule has 0 aliphatic heterocycles. The second-order valence-electron chi connectivity index (χ2n) is 4.15. The molecular formula is C15H13FO3S. The highest BCUT2D eigenvalue weighted by Crippen LogP contribution is 2.27. The third-order valence-electron chi connectivity index (χ3n) is 2.69. The standard InChI is InChI=1S/C15H13FO3S/c1-10-14(6-7-19-10)20-9-12-4-2-11(8-13(12)16)3-5-15(17)18/h2-8H,9H2,1H3,(H,17,18)/b5-3+. The van der Waals surface area contributed by atoms with Gasteiger partial charge in [-0.1, -0.05) is 12.1 Å². The molecule has 0 aliphatic rings. The number of halogens is 1. The number of rotatable bonds is 5. The van der Waals surface area contributed by atoms with Gasteiger partial charge in [0.15, 0.2) is 0 Å². The smallest absolute Gasteiger partial charge is 0.328 e. The summed E-state index contributed by atoms with van der Waals surface area (Å²) in [4.78, 5) is 11.4. The Balaban J connectivity index is 2.06. The van der Waals surface area contributed by atoms with E-state index in [1.807, 2.05) is 13.0 Å². The molecule has 0 unspecified atom stereocenters. The molecule has 0 amide bonds. The molecule has 5 heteroatoms. The molecule has 0 atom stereocenters. The summed E-state index contributed by atoms with van der Waals surface area (Å²) >= 11 is 1.50. The first-order valence-electron chi connectivity index (χ1n) is 5.92. The fourth-order valence-electron chi connectivity index (χ4n) is 1.63. The van der Waals surface area contributed by atoms with E-state index in [4.69, 9.17) is 9.52 Å². The number of carboxylic acids is 1. The van der Waals surface area contributed by atoms with Crippen LogP contribution < -0.4 is 0 Å². The van der Waals surface area contributed by atoms with Crippen molar-refractivity contribution in [1.82, 2.24) is 0 Å². The van der Waals surface area contributed by atoms with Crippen molar-refractivity contribution in [2.24, 2.45) is 0 Å². The molecule has 0 bridgehead atoms. The Kier molecular flexibility index (Phi) is 4.63. The highest BCUT2D eigenvalue weighted by Gasteiger charge is 2.06. The second kappa shape index (κ2) is 6.43. The van der Waals surface area contributed by atoms with E-state index >= 15 is 0 Å². The molecule has 0 spiro atoms. The van der Waals surface area contributed by atoms with Gasteiger partial charge in [0.05, 0.1) is 6.26 Å². The molecular weight excluding hydrogens is 279 g/mol. The first-order chi connectivity index (χ1) is 9.56. The van der Waals surface area contributed by atoms with Gasteiger partial charge < -0.3 is 9.52 Å². The summed E-state index contributed by atoms with van der Waals surface area (Å²) in [6.45, 7) is 1.86. The molecule has 1 aromatic heterocycles. The van der Waals surface area contributed by atoms with Gasteiger partial charge in [0.1, 0.15) is 11.6 Å². The largest absolute Gasteiger partial charge is 0.478 e. The number of aryl methyl sites for hydroxylation is 1. The molecule has 2 aromatic rings. The number of aliphatic carboxylic acids is 1. The van der Waals surface area contributed by atoms with Crippen LogP contribution in [0.4, 0.5) is 4.39 Å². The lowest BCUT2D eigenvalue weighted by molar-refractivity contribution is -0.131. The van der Waals surface area contributed by atoms with Crippen LogP contribution in [0.2, 0.25) is 0 Å². The highest BCUT2D eigenvalue weighted by atomic mass is 32.2. The molecule has 1 aromatic carbocycles. The minimum Gasteiger partial charge on any atom is -0.478 e. The summed E-state index contributed by atoms with van der Waals surface area (Å²) < 4.78 is 19.1. The number of carbonyl (C=O) groups is 1. The van der Waals surface area contributed by atoms with Crippen molar-refractivity contribution in [2.45, 2.75) is 17.6 Å². The zero-order valence-electron chi connectivity index (χ0n) is 10.8. The average molecular weight is 292 g/mol. The Bertz CT molecular complexity index is 646. The predicted octanol–water partition coefficient (Wildman–Crippen LogP) is 4.12. The van der Waals surface area contributed by atoms with Crippen LogP contribution in [0.3, 0.4) is 0 Å². The van der Waals surface area contributed by atoms with E-state index in [1.54, 1.807) is 18.4 Å². The molecule has 20 heavy (non-hydrogen) atoms. The van der Waals surface area contributed by atoms with Crippen molar-refractivity contribution < 1.29 is 18.7 Å². The van der Waals surface area contributed by atoms with Gasteiger partial charge >= 0.3 is 5.97 Å². The van der Waals surface area contributed by atoms with Crippen LogP contribution in [-0.2, 0) is 10.5 Å². The van der Waals surface area contributed by atoms with Crippen molar-refractivity contribution in [1.29, 1.82) is 0 Å². The maximum atomic E-state index is 13.9. The third kappa shape index (κ3) is 3.74. The Morgan fingerprint density at radius 1 is 1.45 bits per heavy atom. The topological polar surface area (TPSA) is 50.4 Å². The van der Waals surface area contributed by atoms with E-state index in [0.29, 0.717) is 16.9 Å². The Morgan fingerprint density at radius 2 is 2.25 bits per heavy atom. The summed E-state index contributed by atoms with van der Waals surface area (Å²) in [5, 5.41) is 8.52. The number of thioether (sulfide) groups is 1. The summed E-state index contributed by atoms with van der Waals surface area (Å²) in [6, 6.07) is 6.54. The van der Waals surface area contributed by atoms with Crippen LogP contribution in [0.5, 0.6) is 0 Å². The van der Waals surface area contributed by atoms with Crippen LogP contribution in [0.15, 0.2) is 45.9 Å². The first kappa shape index (κ1) is 14.4. The van der Waals surface area contributed by atoms with Crippen LogP contribution >= 0.6 is 11.8 Å². The third-order valence-corrected chi connectivity index (χ3v) is 3.88. The van der Waals surface area contributed by atoms with Crippen molar-refractivity contribution in [3.8, 4) is 0 Å². The lowest BCUT2D eigenvalue weighted by atomic mass is 10.1. The Morgan fingerprint density at radius 3 is 2.85 bits per heavy atom. The zero-order valence-corrected chi connectivity index (χ0v) is 11.6. The van der Waals surface area contributed by atoms with Crippen LogP contribution in [-0.4, -0.2) is 11.1 Å². The number of hydrogen-bond donors (Lipinski definition) is 1. The van der Waals surface area contributed by atoms with Crippen molar-refractivity contribution in [3.05, 3.63) is 59.3 Å². The number of furan rings is 1. The fourth-order valence-corrected chi connectivity index (χ4v) is 2.58. The van der Waals surface area contributed by atoms with Crippen LogP contribution in [0, 0.1) is 12.7 Å². The molecule has 104 valence electrons. The number of carboxylic acid groups (broad SMARTS) is 1. The van der Waals surface area contributed by atoms with Crippen molar-refractivity contribution in [3.63, 3.8) is 0 Å². The Labute approximate surface area is 120 Å². The van der Waals surface area contributed by atoms with E-state index in [9.17, 15) is 9.18 Å². The van der Waals surface area contributed by atoms with Gasteiger partial charge in [-0.25, -0.2) is 9.18 Å². The first-order valence-corrected chi connectivity index (χ1v) is 6.91. The molecule has 1 heterocycles. The molecule has 1 N–H and O–H groups in total. The van der Waals surface area contributed by atoms with E-state index < -0.39 is 5.97 Å². The lowest BCUT2D eigenvalue weighted by Gasteiger charge is -2.04. The van der Waals surface area contributed by atoms with Crippen LogP contribution in [0.1, 0.15) is 16.9 Å². The van der Waals surface area contributed by atoms with E-state index in [1.165, 1.54) is 23.9 Å². The van der Waals surface area contributed by atoms with Gasteiger partial charge in [-0.15, -0.1) is 11.8 Å². The molecule has 0 aliphatic carbocycles. The maximum Gasteiger partial charge on any atom is 0.328 e. The van der Waals surface area contributed by atoms with Gasteiger partial charge in [0.2, 0.25) is 0 Å². The quantitative estimate of drug-likeness (QED) is 0.665. The predicted molar refractivity (Wildman–Crippen MR) is 76.1 cm³/mol. The van der Waals surface area contributed by atoms with E-state index in [0.717, 1.165) is 16.7 Å². The molecule has 0 radical (unpaired) electrons. The molecule has 0 fully saturated rings. The Hall–Kier alpha value is -2.01. The zero-order chi connectivity index (χ0) is 14.5. The number of benzene rings is 1. The van der Waals surface area contributed by atoms with Crippen molar-refractivity contribution >= 4 is 23.8 Å². The molecule has 2 rings (SSSR count). The molecule has 3 nitrogen and oxygen atoms in total. The summed E-state index contributed by atoms with van der Waals surface area (Å²) in [7, 11) is 0. The van der Waals surface area contributed by atoms with Gasteiger partial charge in [0, 0.05) is 16.7 Å². The van der Waals surface area contributed by atoms with E-state index in [-0.39, 0.29) is 5.82 Å². The number of hydrogen-bond acceptors (Lipinski definition) is 3. The summed E-state index contributed by atoms with van der Waals surface area (Å²) in [5.41, 5.74) is 1.10. The van der Waals surface area contributed by atoms with Gasteiger partial charge in [0.25, 0.3) is 0 Å². The minimum absolute atomic E-state index is 0.341. The molecule has 0 saturated heterocycles. The normalized spacial score (nSPS) is 11.1.